The number of ether oxygens (including phenoxy) is 2. The number of carbonyl (C=O) groups excluding carboxylic acids is 1. The maximum absolute atomic E-state index is 13.2. The maximum atomic E-state index is 13.2. The molecule has 2 fully saturated rings. The second-order valence-electron chi connectivity index (χ2n) is 8.18. The fourth-order valence-electron chi connectivity index (χ4n) is 5.32. The largest absolute Gasteiger partial charge is 0.493 e. The summed E-state index contributed by atoms with van der Waals surface area (Å²) in [5.74, 6) is 3.07. The molecule has 1 amide bonds. The molecule has 2 atom stereocenters. The molecule has 27 heavy (non-hydrogen) atoms. The smallest absolute Gasteiger partial charge is 0.226 e. The fourth-order valence-corrected chi connectivity index (χ4v) is 5.32. The summed E-state index contributed by atoms with van der Waals surface area (Å²) in [6.07, 6.45) is 6.50. The zero-order valence-corrected chi connectivity index (χ0v) is 17.1. The maximum Gasteiger partial charge on any atom is 0.226 e. The average molecular weight is 395 g/mol. The lowest BCUT2D eigenvalue weighted by molar-refractivity contribution is -0.139. The second-order valence-corrected chi connectivity index (χ2v) is 8.18. The van der Waals surface area contributed by atoms with Crippen molar-refractivity contribution in [1.82, 2.24) is 4.90 Å². The van der Waals surface area contributed by atoms with E-state index in [2.05, 4.69) is 6.07 Å². The van der Waals surface area contributed by atoms with Crippen LogP contribution in [0, 0.1) is 17.8 Å². The van der Waals surface area contributed by atoms with Crippen LogP contribution >= 0.6 is 12.4 Å². The molecule has 0 aromatic heterocycles. The van der Waals surface area contributed by atoms with Gasteiger partial charge in [0.2, 0.25) is 5.91 Å². The Balaban J connectivity index is 0.00000210. The molecular weight excluding hydrogens is 364 g/mol. The lowest BCUT2D eigenvalue weighted by Gasteiger charge is -2.45. The van der Waals surface area contributed by atoms with Gasteiger partial charge in [-0.1, -0.05) is 6.42 Å². The van der Waals surface area contributed by atoms with Crippen LogP contribution in [-0.4, -0.2) is 37.6 Å². The third kappa shape index (κ3) is 3.77. The minimum absolute atomic E-state index is 0. The number of halogens is 1. The summed E-state index contributed by atoms with van der Waals surface area (Å²) in [5.41, 5.74) is 8.83. The lowest BCUT2D eigenvalue weighted by Crippen LogP contribution is -2.50. The molecule has 4 rings (SSSR count). The molecule has 2 N–H and O–H groups in total. The molecule has 150 valence electrons. The molecule has 1 heterocycles. The summed E-state index contributed by atoms with van der Waals surface area (Å²) in [5, 5.41) is 0. The number of nitrogens with zero attached hydrogens (tertiary/aromatic N) is 1. The highest BCUT2D eigenvalue weighted by atomic mass is 35.5. The predicted octanol–water partition coefficient (Wildman–Crippen LogP) is 3.16. The molecule has 2 bridgehead atoms. The molecule has 1 aromatic rings. The van der Waals surface area contributed by atoms with Crippen molar-refractivity contribution < 1.29 is 14.3 Å². The highest BCUT2D eigenvalue weighted by Gasteiger charge is 2.42. The molecule has 2 saturated carbocycles. The lowest BCUT2D eigenvalue weighted by atomic mass is 9.65. The number of rotatable bonds is 3. The Hall–Kier alpha value is -1.46. The first kappa shape index (κ1) is 20.3. The van der Waals surface area contributed by atoms with Gasteiger partial charge in [-0.2, -0.15) is 0 Å². The van der Waals surface area contributed by atoms with E-state index in [1.807, 2.05) is 11.0 Å². The molecule has 1 aliphatic heterocycles. The van der Waals surface area contributed by atoms with E-state index in [-0.39, 0.29) is 18.3 Å². The third-order valence-corrected chi connectivity index (χ3v) is 6.79. The van der Waals surface area contributed by atoms with Gasteiger partial charge in [-0.15, -0.1) is 12.4 Å². The van der Waals surface area contributed by atoms with Gasteiger partial charge in [0, 0.05) is 25.0 Å². The van der Waals surface area contributed by atoms with Crippen molar-refractivity contribution in [3.05, 3.63) is 23.3 Å². The van der Waals surface area contributed by atoms with Crippen molar-refractivity contribution in [2.45, 2.75) is 51.1 Å². The normalized spacial score (nSPS) is 29.4. The molecule has 6 heteroatoms. The summed E-state index contributed by atoms with van der Waals surface area (Å²) in [6.45, 7) is 1.46. The van der Waals surface area contributed by atoms with Crippen LogP contribution in [0.3, 0.4) is 0 Å². The molecule has 0 radical (unpaired) electrons. The van der Waals surface area contributed by atoms with Crippen LogP contribution in [0.1, 0.15) is 43.2 Å². The highest BCUT2D eigenvalue weighted by molar-refractivity contribution is 5.85. The van der Waals surface area contributed by atoms with Gasteiger partial charge in [-0.25, -0.2) is 0 Å². The highest BCUT2D eigenvalue weighted by Crippen LogP contribution is 2.43. The summed E-state index contributed by atoms with van der Waals surface area (Å²) in [7, 11) is 3.31. The van der Waals surface area contributed by atoms with E-state index in [1.54, 1.807) is 14.2 Å². The Kier molecular flexibility index (Phi) is 6.21. The Morgan fingerprint density at radius 3 is 2.26 bits per heavy atom. The molecule has 3 aliphatic rings. The van der Waals surface area contributed by atoms with E-state index < -0.39 is 0 Å². The summed E-state index contributed by atoms with van der Waals surface area (Å²) >= 11 is 0. The van der Waals surface area contributed by atoms with Crippen LogP contribution in [0.2, 0.25) is 0 Å². The van der Waals surface area contributed by atoms with Crippen molar-refractivity contribution in [1.29, 1.82) is 0 Å². The van der Waals surface area contributed by atoms with Crippen LogP contribution < -0.4 is 15.2 Å². The molecular formula is C21H31ClN2O3. The Morgan fingerprint density at radius 1 is 1.07 bits per heavy atom. The third-order valence-electron chi connectivity index (χ3n) is 6.79. The molecule has 1 aromatic carbocycles. The van der Waals surface area contributed by atoms with E-state index in [4.69, 9.17) is 15.2 Å². The van der Waals surface area contributed by atoms with Gasteiger partial charge in [-0.05, 0) is 67.2 Å². The van der Waals surface area contributed by atoms with Crippen molar-refractivity contribution >= 4 is 18.3 Å². The fraction of sp³-hybridized carbons (Fsp3) is 0.667. The Bertz CT molecular complexity index is 682. The standard InChI is InChI=1S/C21H30N2O3.ClH/c1-25-18-10-13-6-7-23(12-17(13)11-19(18)26-2)21(24)16-8-14-4-3-5-15(9-16)20(14)22;/h10-11,14-16,20H,3-9,12,22H2,1-2H3;1H. The van der Waals surface area contributed by atoms with Crippen LogP contribution in [0.5, 0.6) is 11.5 Å². The van der Waals surface area contributed by atoms with E-state index >= 15 is 0 Å². The first-order valence-electron chi connectivity index (χ1n) is 9.88. The number of carbonyl (C=O) groups is 1. The van der Waals surface area contributed by atoms with Crippen LogP contribution in [-0.2, 0) is 17.8 Å². The Morgan fingerprint density at radius 2 is 1.67 bits per heavy atom. The van der Waals surface area contributed by atoms with Gasteiger partial charge < -0.3 is 20.1 Å². The van der Waals surface area contributed by atoms with E-state index in [1.165, 1.54) is 30.4 Å². The van der Waals surface area contributed by atoms with Crippen LogP contribution in [0.4, 0.5) is 0 Å². The van der Waals surface area contributed by atoms with E-state index in [0.717, 1.165) is 37.3 Å². The van der Waals surface area contributed by atoms with Gasteiger partial charge in [-0.3, -0.25) is 4.79 Å². The molecule has 2 unspecified atom stereocenters. The quantitative estimate of drug-likeness (QED) is 0.855. The molecule has 0 spiro atoms. The number of nitrogens with two attached hydrogens (primary N) is 1. The second kappa shape index (κ2) is 8.27. The summed E-state index contributed by atoms with van der Waals surface area (Å²) in [6, 6.07) is 4.39. The van der Waals surface area contributed by atoms with Gasteiger partial charge in [0.05, 0.1) is 14.2 Å². The number of hydrogen-bond donors (Lipinski definition) is 1. The number of benzene rings is 1. The van der Waals surface area contributed by atoms with Crippen molar-refractivity contribution in [2.75, 3.05) is 20.8 Å². The van der Waals surface area contributed by atoms with Crippen LogP contribution in [0.15, 0.2) is 12.1 Å². The monoisotopic (exact) mass is 394 g/mol. The minimum atomic E-state index is 0. The predicted molar refractivity (Wildman–Crippen MR) is 107 cm³/mol. The molecule has 5 nitrogen and oxygen atoms in total. The molecule has 2 aliphatic carbocycles. The number of amides is 1. The van der Waals surface area contributed by atoms with Gasteiger partial charge in [0.15, 0.2) is 11.5 Å². The van der Waals surface area contributed by atoms with Gasteiger partial charge in [0.25, 0.3) is 0 Å². The number of hydrogen-bond acceptors (Lipinski definition) is 4. The van der Waals surface area contributed by atoms with Crippen molar-refractivity contribution in [3.8, 4) is 11.5 Å². The minimum Gasteiger partial charge on any atom is -0.493 e. The van der Waals surface area contributed by atoms with Gasteiger partial charge >= 0.3 is 0 Å². The zero-order valence-electron chi connectivity index (χ0n) is 16.3. The summed E-state index contributed by atoms with van der Waals surface area (Å²) < 4.78 is 10.8. The number of methoxy groups -OCH3 is 2. The topological polar surface area (TPSA) is 64.8 Å². The molecule has 0 saturated heterocycles. The van der Waals surface area contributed by atoms with Crippen LogP contribution in [0.25, 0.3) is 0 Å². The van der Waals surface area contributed by atoms with Crippen molar-refractivity contribution in [3.63, 3.8) is 0 Å². The Labute approximate surface area is 168 Å². The van der Waals surface area contributed by atoms with Gasteiger partial charge in [0.1, 0.15) is 0 Å². The van der Waals surface area contributed by atoms with E-state index in [9.17, 15) is 4.79 Å². The zero-order chi connectivity index (χ0) is 18.3. The summed E-state index contributed by atoms with van der Waals surface area (Å²) in [4.78, 5) is 15.3. The average Bonchev–Trinajstić information content (AvgIpc) is 2.65. The number of fused-ring (bicyclic) bond motifs is 3. The first-order chi connectivity index (χ1) is 12.6. The SMILES string of the molecule is COc1cc2c(cc1OC)CN(C(=O)C1CC3CCCC(C1)C3N)CC2.Cl. The van der Waals surface area contributed by atoms with Crippen molar-refractivity contribution in [2.24, 2.45) is 23.5 Å². The first-order valence-corrected chi connectivity index (χ1v) is 9.88. The van der Waals surface area contributed by atoms with E-state index in [0.29, 0.717) is 30.3 Å².